The molecule has 4 rings (SSSR count). The van der Waals surface area contributed by atoms with Gasteiger partial charge in [-0.25, -0.2) is 4.39 Å². The predicted molar refractivity (Wildman–Crippen MR) is 135 cm³/mol. The van der Waals surface area contributed by atoms with Crippen LogP contribution in [0.4, 0.5) is 10.1 Å². The number of aromatic nitrogens is 1. The number of hydrogen-bond acceptors (Lipinski definition) is 4. The molecule has 0 radical (unpaired) electrons. The van der Waals surface area contributed by atoms with Crippen molar-refractivity contribution in [1.82, 2.24) is 14.8 Å². The van der Waals surface area contributed by atoms with Crippen molar-refractivity contribution in [2.75, 3.05) is 31.5 Å². The summed E-state index contributed by atoms with van der Waals surface area (Å²) in [6, 6.07) is 8.71. The van der Waals surface area contributed by atoms with Crippen LogP contribution in [0.25, 0.3) is 10.9 Å². The van der Waals surface area contributed by atoms with Gasteiger partial charge in [0.25, 0.3) is 5.91 Å². The van der Waals surface area contributed by atoms with Gasteiger partial charge in [0.2, 0.25) is 0 Å². The highest BCUT2D eigenvalue weighted by atomic mass is 19.1. The minimum Gasteiger partial charge on any atom is -0.392 e. The summed E-state index contributed by atoms with van der Waals surface area (Å²) >= 11 is 0. The number of nitrogens with zero attached hydrogens (tertiary/aromatic N) is 2. The number of aliphatic hydroxyl groups is 1. The first-order valence-corrected chi connectivity index (χ1v) is 12.1. The number of aryl methyl sites for hydroxylation is 2. The minimum atomic E-state index is -0.508. The van der Waals surface area contributed by atoms with Crippen molar-refractivity contribution in [3.05, 3.63) is 64.1 Å². The molecule has 1 aliphatic rings. The number of anilines is 1. The van der Waals surface area contributed by atoms with Gasteiger partial charge >= 0.3 is 0 Å². The Morgan fingerprint density at radius 3 is 2.71 bits per heavy atom. The van der Waals surface area contributed by atoms with E-state index in [0.29, 0.717) is 25.2 Å². The van der Waals surface area contributed by atoms with Crippen LogP contribution in [0.2, 0.25) is 0 Å². The number of carbonyl (C=O) groups excluding carboxylic acids is 1. The van der Waals surface area contributed by atoms with Crippen LogP contribution < -0.4 is 10.6 Å². The van der Waals surface area contributed by atoms with Gasteiger partial charge in [-0.2, -0.15) is 0 Å². The average molecular weight is 467 g/mol. The van der Waals surface area contributed by atoms with Crippen molar-refractivity contribution in [1.29, 1.82) is 0 Å². The van der Waals surface area contributed by atoms with Crippen LogP contribution in [0.3, 0.4) is 0 Å². The quantitative estimate of drug-likeness (QED) is 0.511. The summed E-state index contributed by atoms with van der Waals surface area (Å²) in [5, 5.41) is 18.0. The van der Waals surface area contributed by atoms with Gasteiger partial charge in [0.05, 0.1) is 17.3 Å². The zero-order valence-corrected chi connectivity index (χ0v) is 20.5. The molecule has 6 nitrogen and oxygen atoms in total. The van der Waals surface area contributed by atoms with E-state index in [1.54, 1.807) is 13.0 Å². The van der Waals surface area contributed by atoms with Crippen LogP contribution in [0.1, 0.15) is 46.1 Å². The van der Waals surface area contributed by atoms with Crippen LogP contribution in [0, 0.1) is 26.6 Å². The van der Waals surface area contributed by atoms with E-state index in [1.165, 1.54) is 12.1 Å². The van der Waals surface area contributed by atoms with Crippen LogP contribution in [-0.4, -0.2) is 52.8 Å². The van der Waals surface area contributed by atoms with Crippen molar-refractivity contribution < 1.29 is 14.3 Å². The van der Waals surface area contributed by atoms with Gasteiger partial charge in [0.15, 0.2) is 0 Å². The number of hydrogen-bond donors (Lipinski definition) is 3. The monoisotopic (exact) mass is 466 g/mol. The van der Waals surface area contributed by atoms with Gasteiger partial charge in [-0.1, -0.05) is 6.07 Å². The van der Waals surface area contributed by atoms with E-state index in [9.17, 15) is 14.3 Å². The standard InChI is InChI=1S/C27H35FN4O2/c1-17-12-23(28)7-6-21(17)15-30-25-14-22(27(34)31-10-5-8-29-9-11-31)13-24-19(3)20(4)32(26(24)25)16-18(2)33/h6-7,12-14,18,29-30,33H,5,8-11,15-16H2,1-4H3. The molecular formula is C27H35FN4O2. The maximum atomic E-state index is 13.6. The van der Waals surface area contributed by atoms with Gasteiger partial charge in [0, 0.05) is 49.4 Å². The Balaban J connectivity index is 1.79. The average Bonchev–Trinajstić information content (AvgIpc) is 2.99. The molecular weight excluding hydrogens is 431 g/mol. The van der Waals surface area contributed by atoms with Gasteiger partial charge < -0.3 is 25.2 Å². The Morgan fingerprint density at radius 2 is 1.97 bits per heavy atom. The SMILES string of the molecule is Cc1cc(F)ccc1CNc1cc(C(=O)N2CCCNCC2)cc2c(C)c(C)n(CC(C)O)c12. The zero-order valence-electron chi connectivity index (χ0n) is 20.5. The van der Waals surface area contributed by atoms with Gasteiger partial charge in [-0.3, -0.25) is 4.79 Å². The fraction of sp³-hybridized carbons (Fsp3) is 0.444. The topological polar surface area (TPSA) is 69.5 Å². The molecule has 2 aromatic carbocycles. The number of carbonyl (C=O) groups is 1. The minimum absolute atomic E-state index is 0.0342. The molecule has 0 spiro atoms. The smallest absolute Gasteiger partial charge is 0.253 e. The summed E-state index contributed by atoms with van der Waals surface area (Å²) < 4.78 is 15.7. The molecule has 3 N–H and O–H groups in total. The number of benzene rings is 2. The normalized spacial score (nSPS) is 15.4. The summed E-state index contributed by atoms with van der Waals surface area (Å²) in [6.45, 7) is 11.9. The molecule has 182 valence electrons. The second kappa shape index (κ2) is 10.2. The fourth-order valence-electron chi connectivity index (χ4n) is 4.81. The van der Waals surface area contributed by atoms with E-state index in [0.717, 1.165) is 65.0 Å². The van der Waals surface area contributed by atoms with E-state index < -0.39 is 6.10 Å². The van der Waals surface area contributed by atoms with Gasteiger partial charge in [-0.15, -0.1) is 0 Å². The highest BCUT2D eigenvalue weighted by molar-refractivity contribution is 6.04. The first kappa shape index (κ1) is 24.2. The molecule has 1 unspecified atom stereocenters. The van der Waals surface area contributed by atoms with Crippen molar-refractivity contribution in [3.8, 4) is 0 Å². The van der Waals surface area contributed by atoms with Crippen molar-refractivity contribution in [2.45, 2.75) is 53.3 Å². The lowest BCUT2D eigenvalue weighted by Crippen LogP contribution is -2.34. The molecule has 1 saturated heterocycles. The number of aliphatic hydroxyl groups excluding tert-OH is 1. The molecule has 1 aliphatic heterocycles. The van der Waals surface area contributed by atoms with Gasteiger partial charge in [-0.05, 0) is 81.6 Å². The molecule has 0 saturated carbocycles. The second-order valence-corrected chi connectivity index (χ2v) is 9.41. The van der Waals surface area contributed by atoms with Crippen molar-refractivity contribution in [3.63, 3.8) is 0 Å². The van der Waals surface area contributed by atoms with E-state index in [1.807, 2.05) is 30.9 Å². The molecule has 1 fully saturated rings. The molecule has 34 heavy (non-hydrogen) atoms. The summed E-state index contributed by atoms with van der Waals surface area (Å²) in [5.74, 6) is -0.216. The van der Waals surface area contributed by atoms with E-state index >= 15 is 0 Å². The summed E-state index contributed by atoms with van der Waals surface area (Å²) in [5.41, 5.74) is 6.51. The van der Waals surface area contributed by atoms with Crippen LogP contribution in [0.15, 0.2) is 30.3 Å². The van der Waals surface area contributed by atoms with E-state index in [-0.39, 0.29) is 11.7 Å². The number of rotatable bonds is 6. The first-order valence-electron chi connectivity index (χ1n) is 12.1. The molecule has 1 amide bonds. The number of amides is 1. The number of fused-ring (bicyclic) bond motifs is 1. The Bertz CT molecular complexity index is 1190. The lowest BCUT2D eigenvalue weighted by atomic mass is 10.0. The number of halogens is 1. The van der Waals surface area contributed by atoms with Crippen molar-refractivity contribution in [2.24, 2.45) is 0 Å². The predicted octanol–water partition coefficient (Wildman–Crippen LogP) is 4.13. The largest absolute Gasteiger partial charge is 0.392 e. The third kappa shape index (κ3) is 4.95. The highest BCUT2D eigenvalue weighted by Crippen LogP contribution is 2.34. The maximum Gasteiger partial charge on any atom is 0.253 e. The Labute approximate surface area is 200 Å². The third-order valence-corrected chi connectivity index (χ3v) is 6.83. The first-order chi connectivity index (χ1) is 16.3. The highest BCUT2D eigenvalue weighted by Gasteiger charge is 2.22. The lowest BCUT2D eigenvalue weighted by molar-refractivity contribution is 0.0766. The fourth-order valence-corrected chi connectivity index (χ4v) is 4.81. The summed E-state index contributed by atoms with van der Waals surface area (Å²) in [6.07, 6.45) is 0.429. The lowest BCUT2D eigenvalue weighted by Gasteiger charge is -2.21. The summed E-state index contributed by atoms with van der Waals surface area (Å²) in [4.78, 5) is 15.4. The molecule has 3 aromatic rings. The summed E-state index contributed by atoms with van der Waals surface area (Å²) in [7, 11) is 0. The maximum absolute atomic E-state index is 13.6. The molecule has 0 aliphatic carbocycles. The molecule has 1 aromatic heterocycles. The molecule has 1 atom stereocenters. The Kier molecular flexibility index (Phi) is 7.24. The zero-order chi connectivity index (χ0) is 24.4. The van der Waals surface area contributed by atoms with Crippen LogP contribution in [0.5, 0.6) is 0 Å². The molecule has 2 heterocycles. The number of nitrogens with one attached hydrogen (secondary N) is 2. The molecule has 7 heteroatoms. The van der Waals surface area contributed by atoms with E-state index in [2.05, 4.69) is 22.1 Å². The van der Waals surface area contributed by atoms with Gasteiger partial charge in [0.1, 0.15) is 5.82 Å². The van der Waals surface area contributed by atoms with Crippen LogP contribution in [-0.2, 0) is 13.1 Å². The van der Waals surface area contributed by atoms with Crippen molar-refractivity contribution >= 4 is 22.5 Å². The Hall–Kier alpha value is -2.90. The molecule has 0 bridgehead atoms. The Morgan fingerprint density at radius 1 is 1.18 bits per heavy atom. The van der Waals surface area contributed by atoms with Crippen LogP contribution >= 0.6 is 0 Å². The third-order valence-electron chi connectivity index (χ3n) is 6.83. The second-order valence-electron chi connectivity index (χ2n) is 9.41. The van der Waals surface area contributed by atoms with E-state index in [4.69, 9.17) is 0 Å².